The first-order chi connectivity index (χ1) is 18.5. The fourth-order valence-corrected chi connectivity index (χ4v) is 4.18. The van der Waals surface area contributed by atoms with Crippen molar-refractivity contribution in [3.8, 4) is 11.3 Å². The van der Waals surface area contributed by atoms with Crippen molar-refractivity contribution >= 4 is 29.1 Å². The number of carbonyl (C=O) groups is 2. The van der Waals surface area contributed by atoms with Crippen molar-refractivity contribution in [3.05, 3.63) is 106 Å². The van der Waals surface area contributed by atoms with Crippen LogP contribution in [-0.2, 0) is 12.0 Å². The molecule has 8 heteroatoms. The maximum absolute atomic E-state index is 13.0. The monoisotopic (exact) mass is 524 g/mol. The van der Waals surface area contributed by atoms with Gasteiger partial charge in [-0.1, -0.05) is 45.0 Å². The number of hydrogen-bond acceptors (Lipinski definition) is 5. The third-order valence-electron chi connectivity index (χ3n) is 6.58. The Balaban J connectivity index is 1.64. The topological polar surface area (TPSA) is 113 Å². The Morgan fingerprint density at radius 2 is 1.59 bits per heavy atom. The van der Waals surface area contributed by atoms with Gasteiger partial charge in [0.1, 0.15) is 0 Å². The van der Waals surface area contributed by atoms with Gasteiger partial charge in [0.15, 0.2) is 5.82 Å². The molecule has 200 valence electrons. The Labute approximate surface area is 227 Å². The number of aromatic nitrogens is 2. The molecule has 4 aromatic rings. The number of carboxylic acids is 1. The average Bonchev–Trinajstić information content (AvgIpc) is 2.91. The molecular formula is C31H32N4O4. The van der Waals surface area contributed by atoms with Crippen LogP contribution in [0.25, 0.3) is 11.3 Å². The van der Waals surface area contributed by atoms with E-state index >= 15 is 0 Å². The van der Waals surface area contributed by atoms with Crippen LogP contribution in [0.5, 0.6) is 0 Å². The molecule has 0 unspecified atom stereocenters. The molecule has 0 fully saturated rings. The third-order valence-corrected chi connectivity index (χ3v) is 6.58. The van der Waals surface area contributed by atoms with Gasteiger partial charge in [0.05, 0.1) is 11.3 Å². The van der Waals surface area contributed by atoms with Gasteiger partial charge in [-0.05, 0) is 72.9 Å². The maximum atomic E-state index is 13.0. The van der Waals surface area contributed by atoms with Gasteiger partial charge in [0.25, 0.3) is 11.5 Å². The van der Waals surface area contributed by atoms with Gasteiger partial charge in [-0.25, -0.2) is 9.78 Å². The van der Waals surface area contributed by atoms with E-state index in [0.717, 1.165) is 16.7 Å². The zero-order valence-electron chi connectivity index (χ0n) is 22.7. The second-order valence-corrected chi connectivity index (χ2v) is 10.3. The second-order valence-electron chi connectivity index (χ2n) is 10.3. The molecule has 39 heavy (non-hydrogen) atoms. The minimum absolute atomic E-state index is 0.00243. The molecule has 0 saturated heterocycles. The van der Waals surface area contributed by atoms with Crippen LogP contribution in [0.3, 0.4) is 0 Å². The minimum Gasteiger partial charge on any atom is -0.478 e. The van der Waals surface area contributed by atoms with E-state index in [4.69, 9.17) is 5.11 Å². The lowest BCUT2D eigenvalue weighted by Crippen LogP contribution is -2.23. The average molecular weight is 525 g/mol. The van der Waals surface area contributed by atoms with Crippen molar-refractivity contribution in [1.82, 2.24) is 9.55 Å². The molecular weight excluding hydrogens is 492 g/mol. The molecule has 1 aromatic heterocycles. The number of amides is 1. The summed E-state index contributed by atoms with van der Waals surface area (Å²) in [6.45, 7) is 10.6. The Bertz CT molecular complexity index is 1580. The standard InChI is InChI=1S/C31H32N4O4/c1-6-35-18-26(33-27(29(35)37)32-23-16-12-21(13-17-23)30(38)39)24-8-7-9-25(19(24)2)34-28(36)20-10-14-22(15-11-20)31(3,4)5/h7-18H,6H2,1-5H3,(H,32,33)(H,34,36)(H,38,39). The van der Waals surface area contributed by atoms with Gasteiger partial charge in [0.2, 0.25) is 0 Å². The molecule has 0 saturated carbocycles. The molecule has 0 aliphatic rings. The van der Waals surface area contributed by atoms with E-state index < -0.39 is 5.97 Å². The van der Waals surface area contributed by atoms with Gasteiger partial charge in [-0.15, -0.1) is 0 Å². The zero-order chi connectivity index (χ0) is 28.3. The van der Waals surface area contributed by atoms with Crippen LogP contribution in [0.4, 0.5) is 17.2 Å². The molecule has 0 bridgehead atoms. The molecule has 8 nitrogen and oxygen atoms in total. The first-order valence-electron chi connectivity index (χ1n) is 12.7. The summed E-state index contributed by atoms with van der Waals surface area (Å²) in [5, 5.41) is 15.2. The highest BCUT2D eigenvalue weighted by molar-refractivity contribution is 6.05. The van der Waals surface area contributed by atoms with Crippen LogP contribution in [0.1, 0.15) is 59.5 Å². The molecule has 0 aliphatic carbocycles. The number of carbonyl (C=O) groups excluding carboxylic acids is 1. The van der Waals surface area contributed by atoms with Gasteiger partial charge in [0, 0.05) is 35.2 Å². The van der Waals surface area contributed by atoms with Crippen LogP contribution >= 0.6 is 0 Å². The molecule has 1 amide bonds. The molecule has 4 rings (SSSR count). The summed E-state index contributed by atoms with van der Waals surface area (Å²) >= 11 is 0. The summed E-state index contributed by atoms with van der Waals surface area (Å²) in [6, 6.07) is 19.2. The number of nitrogens with one attached hydrogen (secondary N) is 2. The Kier molecular flexibility index (Phi) is 7.67. The normalized spacial score (nSPS) is 11.2. The van der Waals surface area contributed by atoms with E-state index in [9.17, 15) is 14.4 Å². The van der Waals surface area contributed by atoms with Crippen LogP contribution in [0.2, 0.25) is 0 Å². The second kappa shape index (κ2) is 10.9. The molecule has 0 spiro atoms. The lowest BCUT2D eigenvalue weighted by molar-refractivity contribution is 0.0696. The van der Waals surface area contributed by atoms with E-state index in [1.165, 1.54) is 12.1 Å². The van der Waals surface area contributed by atoms with Gasteiger partial charge in [-0.3, -0.25) is 9.59 Å². The predicted molar refractivity (Wildman–Crippen MR) is 154 cm³/mol. The van der Waals surface area contributed by atoms with E-state index in [2.05, 4.69) is 36.4 Å². The van der Waals surface area contributed by atoms with E-state index in [-0.39, 0.29) is 28.3 Å². The molecule has 3 N–H and O–H groups in total. The first-order valence-corrected chi connectivity index (χ1v) is 12.7. The van der Waals surface area contributed by atoms with E-state index in [1.807, 2.05) is 56.3 Å². The Hall–Kier alpha value is -4.72. The molecule has 0 atom stereocenters. The fourth-order valence-electron chi connectivity index (χ4n) is 4.18. The Morgan fingerprint density at radius 1 is 0.949 bits per heavy atom. The third kappa shape index (κ3) is 6.06. The Morgan fingerprint density at radius 3 is 2.18 bits per heavy atom. The predicted octanol–water partition coefficient (Wildman–Crippen LogP) is 6.23. The highest BCUT2D eigenvalue weighted by atomic mass is 16.4. The smallest absolute Gasteiger partial charge is 0.335 e. The quantitative estimate of drug-likeness (QED) is 0.264. The molecule has 1 heterocycles. The largest absolute Gasteiger partial charge is 0.478 e. The lowest BCUT2D eigenvalue weighted by atomic mass is 9.86. The van der Waals surface area contributed by atoms with Crippen molar-refractivity contribution < 1.29 is 14.7 Å². The SMILES string of the molecule is CCn1cc(-c2cccc(NC(=O)c3ccc(C(C)(C)C)cc3)c2C)nc(Nc2ccc(C(=O)O)cc2)c1=O. The van der Waals surface area contributed by atoms with E-state index in [1.54, 1.807) is 22.9 Å². The number of benzene rings is 3. The van der Waals surface area contributed by atoms with Crippen LogP contribution in [0.15, 0.2) is 77.7 Å². The summed E-state index contributed by atoms with van der Waals surface area (Å²) in [5.41, 5.74) is 4.87. The highest BCUT2D eigenvalue weighted by Crippen LogP contribution is 2.29. The van der Waals surface area contributed by atoms with Crippen molar-refractivity contribution in [1.29, 1.82) is 0 Å². The number of anilines is 3. The summed E-state index contributed by atoms with van der Waals surface area (Å²) in [4.78, 5) is 41.8. The van der Waals surface area contributed by atoms with Crippen molar-refractivity contribution in [2.75, 3.05) is 10.6 Å². The molecule has 3 aromatic carbocycles. The van der Waals surface area contributed by atoms with Gasteiger partial charge in [-0.2, -0.15) is 0 Å². The van der Waals surface area contributed by atoms with Crippen LogP contribution < -0.4 is 16.2 Å². The van der Waals surface area contributed by atoms with Crippen molar-refractivity contribution in [2.24, 2.45) is 0 Å². The number of rotatable bonds is 7. The van der Waals surface area contributed by atoms with E-state index in [0.29, 0.717) is 29.2 Å². The number of nitrogens with zero attached hydrogens (tertiary/aromatic N) is 2. The maximum Gasteiger partial charge on any atom is 0.335 e. The number of hydrogen-bond donors (Lipinski definition) is 3. The molecule has 0 radical (unpaired) electrons. The van der Waals surface area contributed by atoms with Gasteiger partial charge < -0.3 is 20.3 Å². The van der Waals surface area contributed by atoms with Crippen molar-refractivity contribution in [2.45, 2.75) is 46.6 Å². The first kappa shape index (κ1) is 27.3. The summed E-state index contributed by atoms with van der Waals surface area (Å²) in [6.07, 6.45) is 1.69. The summed E-state index contributed by atoms with van der Waals surface area (Å²) < 4.78 is 1.55. The van der Waals surface area contributed by atoms with Gasteiger partial charge >= 0.3 is 5.97 Å². The number of aryl methyl sites for hydroxylation is 1. The zero-order valence-corrected chi connectivity index (χ0v) is 22.7. The summed E-state index contributed by atoms with van der Waals surface area (Å²) in [5.74, 6) is -1.13. The number of carboxylic acid groups (broad SMARTS) is 1. The highest BCUT2D eigenvalue weighted by Gasteiger charge is 2.17. The molecule has 0 aliphatic heterocycles. The van der Waals surface area contributed by atoms with Crippen LogP contribution in [0, 0.1) is 6.92 Å². The summed E-state index contributed by atoms with van der Waals surface area (Å²) in [7, 11) is 0. The van der Waals surface area contributed by atoms with Crippen LogP contribution in [-0.4, -0.2) is 26.5 Å². The fraction of sp³-hybridized carbons (Fsp3) is 0.226. The minimum atomic E-state index is -1.03. The lowest BCUT2D eigenvalue weighted by Gasteiger charge is -2.19. The number of aromatic carboxylic acids is 1. The van der Waals surface area contributed by atoms with Crippen molar-refractivity contribution in [3.63, 3.8) is 0 Å².